The van der Waals surface area contributed by atoms with Gasteiger partial charge in [0.1, 0.15) is 0 Å². The second-order valence-corrected chi connectivity index (χ2v) is 6.18. The van der Waals surface area contributed by atoms with Crippen LogP contribution in [0.15, 0.2) is 12.7 Å². The van der Waals surface area contributed by atoms with Crippen LogP contribution in [-0.2, 0) is 14.2 Å². The van der Waals surface area contributed by atoms with Gasteiger partial charge in [-0.05, 0) is 32.1 Å². The van der Waals surface area contributed by atoms with Crippen LogP contribution in [0.1, 0.15) is 77.0 Å². The van der Waals surface area contributed by atoms with Crippen molar-refractivity contribution in [3.8, 4) is 0 Å². The van der Waals surface area contributed by atoms with Crippen LogP contribution in [0.5, 0.6) is 0 Å². The lowest BCUT2D eigenvalue weighted by Crippen LogP contribution is -2.03. The molecule has 0 heterocycles. The Labute approximate surface area is 144 Å². The maximum atomic E-state index is 5.69. The molecule has 0 N–H and O–H groups in total. The summed E-state index contributed by atoms with van der Waals surface area (Å²) in [4.78, 5) is 0. The SMILES string of the molecule is C=CCCCCCCCCCOCCCCCCOCCOC. The lowest BCUT2D eigenvalue weighted by atomic mass is 10.1. The van der Waals surface area contributed by atoms with Crippen LogP contribution in [0.2, 0.25) is 0 Å². The van der Waals surface area contributed by atoms with Crippen LogP contribution in [0, 0.1) is 0 Å². The molecule has 0 rings (SSSR count). The van der Waals surface area contributed by atoms with Gasteiger partial charge in [-0.2, -0.15) is 0 Å². The highest BCUT2D eigenvalue weighted by molar-refractivity contribution is 4.65. The molecule has 0 bridgehead atoms. The minimum absolute atomic E-state index is 0.698. The number of ether oxygens (including phenoxy) is 3. The van der Waals surface area contributed by atoms with E-state index in [1.165, 1.54) is 70.6 Å². The molecule has 3 heteroatoms. The number of rotatable bonds is 20. The monoisotopic (exact) mass is 328 g/mol. The molecule has 0 radical (unpaired) electrons. The van der Waals surface area contributed by atoms with Crippen molar-refractivity contribution in [2.45, 2.75) is 77.0 Å². The van der Waals surface area contributed by atoms with Gasteiger partial charge in [0.05, 0.1) is 13.2 Å². The Kier molecular flexibility index (Phi) is 21.3. The second kappa shape index (κ2) is 21.6. The van der Waals surface area contributed by atoms with Crippen LogP contribution < -0.4 is 0 Å². The number of hydrogen-bond donors (Lipinski definition) is 0. The fraction of sp³-hybridized carbons (Fsp3) is 0.900. The highest BCUT2D eigenvalue weighted by Gasteiger charge is 1.94. The smallest absolute Gasteiger partial charge is 0.0700 e. The Morgan fingerprint density at radius 2 is 1.00 bits per heavy atom. The summed E-state index contributed by atoms with van der Waals surface area (Å²) in [5.41, 5.74) is 0. The zero-order chi connectivity index (χ0) is 16.8. The van der Waals surface area contributed by atoms with Gasteiger partial charge in [0.25, 0.3) is 0 Å². The van der Waals surface area contributed by atoms with Crippen molar-refractivity contribution in [2.24, 2.45) is 0 Å². The van der Waals surface area contributed by atoms with Gasteiger partial charge in [-0.25, -0.2) is 0 Å². The van der Waals surface area contributed by atoms with Crippen molar-refractivity contribution in [3.63, 3.8) is 0 Å². The van der Waals surface area contributed by atoms with E-state index in [4.69, 9.17) is 14.2 Å². The van der Waals surface area contributed by atoms with Crippen molar-refractivity contribution in [3.05, 3.63) is 12.7 Å². The molecule has 0 atom stereocenters. The molecular weight excluding hydrogens is 288 g/mol. The molecule has 0 amide bonds. The van der Waals surface area contributed by atoms with E-state index in [0.717, 1.165) is 26.2 Å². The second-order valence-electron chi connectivity index (χ2n) is 6.18. The number of allylic oxidation sites excluding steroid dienone is 1. The highest BCUT2D eigenvalue weighted by atomic mass is 16.5. The van der Waals surface area contributed by atoms with E-state index in [1.54, 1.807) is 7.11 Å². The minimum atomic E-state index is 0.698. The molecule has 0 aliphatic heterocycles. The van der Waals surface area contributed by atoms with Crippen molar-refractivity contribution in [1.29, 1.82) is 0 Å². The van der Waals surface area contributed by atoms with E-state index in [9.17, 15) is 0 Å². The van der Waals surface area contributed by atoms with E-state index >= 15 is 0 Å². The van der Waals surface area contributed by atoms with Crippen molar-refractivity contribution in [1.82, 2.24) is 0 Å². The summed E-state index contributed by atoms with van der Waals surface area (Å²) in [6.45, 7) is 7.89. The molecule has 23 heavy (non-hydrogen) atoms. The predicted molar refractivity (Wildman–Crippen MR) is 99.1 cm³/mol. The Balaban J connectivity index is 2.93. The van der Waals surface area contributed by atoms with Crippen LogP contribution >= 0.6 is 0 Å². The molecule has 0 saturated carbocycles. The van der Waals surface area contributed by atoms with Gasteiger partial charge in [0, 0.05) is 26.9 Å². The molecule has 0 aliphatic carbocycles. The fourth-order valence-corrected chi connectivity index (χ4v) is 2.48. The van der Waals surface area contributed by atoms with E-state index in [2.05, 4.69) is 6.58 Å². The van der Waals surface area contributed by atoms with Gasteiger partial charge in [-0.15, -0.1) is 6.58 Å². The molecular formula is C20H40O3. The molecule has 0 aromatic rings. The van der Waals surface area contributed by atoms with Crippen LogP contribution in [0.3, 0.4) is 0 Å². The number of methoxy groups -OCH3 is 1. The van der Waals surface area contributed by atoms with E-state index in [-0.39, 0.29) is 0 Å². The normalized spacial score (nSPS) is 11.0. The Hall–Kier alpha value is -0.380. The molecule has 0 unspecified atom stereocenters. The summed E-state index contributed by atoms with van der Waals surface area (Å²) < 4.78 is 16.1. The maximum Gasteiger partial charge on any atom is 0.0700 e. The van der Waals surface area contributed by atoms with E-state index in [1.807, 2.05) is 6.08 Å². The molecule has 0 aromatic carbocycles. The first-order chi connectivity index (χ1) is 11.4. The molecule has 0 aromatic heterocycles. The summed E-state index contributed by atoms with van der Waals surface area (Å²) >= 11 is 0. The zero-order valence-corrected chi connectivity index (χ0v) is 15.5. The van der Waals surface area contributed by atoms with Crippen molar-refractivity contribution >= 4 is 0 Å². The first kappa shape index (κ1) is 22.6. The maximum absolute atomic E-state index is 5.69. The third-order valence-electron chi connectivity index (χ3n) is 3.96. The largest absolute Gasteiger partial charge is 0.382 e. The summed E-state index contributed by atoms with van der Waals surface area (Å²) in [6.07, 6.45) is 17.3. The summed E-state index contributed by atoms with van der Waals surface area (Å²) in [5, 5.41) is 0. The lowest BCUT2D eigenvalue weighted by molar-refractivity contribution is 0.0680. The van der Waals surface area contributed by atoms with Gasteiger partial charge in [-0.3, -0.25) is 0 Å². The van der Waals surface area contributed by atoms with Gasteiger partial charge in [0.2, 0.25) is 0 Å². The van der Waals surface area contributed by atoms with Crippen LogP contribution in [0.25, 0.3) is 0 Å². The van der Waals surface area contributed by atoms with E-state index < -0.39 is 0 Å². The number of hydrogen-bond acceptors (Lipinski definition) is 3. The molecule has 3 nitrogen and oxygen atoms in total. The van der Waals surface area contributed by atoms with Crippen molar-refractivity contribution < 1.29 is 14.2 Å². The Bertz CT molecular complexity index is 219. The number of unbranched alkanes of at least 4 members (excludes halogenated alkanes) is 10. The Morgan fingerprint density at radius 1 is 0.565 bits per heavy atom. The van der Waals surface area contributed by atoms with Gasteiger partial charge < -0.3 is 14.2 Å². The van der Waals surface area contributed by atoms with Crippen LogP contribution in [0.4, 0.5) is 0 Å². The third-order valence-corrected chi connectivity index (χ3v) is 3.96. The molecule has 0 saturated heterocycles. The average molecular weight is 329 g/mol. The summed E-state index contributed by atoms with van der Waals surface area (Å²) in [5.74, 6) is 0. The predicted octanol–water partition coefficient (Wildman–Crippen LogP) is 5.53. The zero-order valence-electron chi connectivity index (χ0n) is 15.5. The van der Waals surface area contributed by atoms with Gasteiger partial charge >= 0.3 is 0 Å². The standard InChI is InChI=1S/C20H40O3/c1-3-4-5-6-7-8-9-10-13-16-22-17-14-11-12-15-18-23-20-19-21-2/h3H,1,4-20H2,2H3. The quantitative estimate of drug-likeness (QED) is 0.217. The van der Waals surface area contributed by atoms with E-state index in [0.29, 0.717) is 13.2 Å². The average Bonchev–Trinajstić information content (AvgIpc) is 2.57. The molecule has 0 aliphatic rings. The first-order valence-electron chi connectivity index (χ1n) is 9.67. The highest BCUT2D eigenvalue weighted by Crippen LogP contribution is 2.09. The Morgan fingerprint density at radius 3 is 1.48 bits per heavy atom. The fourth-order valence-electron chi connectivity index (χ4n) is 2.48. The first-order valence-corrected chi connectivity index (χ1v) is 9.67. The molecule has 0 fully saturated rings. The third kappa shape index (κ3) is 21.6. The van der Waals surface area contributed by atoms with Gasteiger partial charge in [0.15, 0.2) is 0 Å². The van der Waals surface area contributed by atoms with Crippen molar-refractivity contribution in [2.75, 3.05) is 40.1 Å². The summed E-state index contributed by atoms with van der Waals surface area (Å²) in [6, 6.07) is 0. The topological polar surface area (TPSA) is 27.7 Å². The summed E-state index contributed by atoms with van der Waals surface area (Å²) in [7, 11) is 1.70. The minimum Gasteiger partial charge on any atom is -0.382 e. The van der Waals surface area contributed by atoms with Gasteiger partial charge in [-0.1, -0.05) is 51.0 Å². The lowest BCUT2D eigenvalue weighted by Gasteiger charge is -2.05. The molecule has 0 spiro atoms. The molecule has 138 valence electrons. The van der Waals surface area contributed by atoms with Crippen LogP contribution in [-0.4, -0.2) is 40.1 Å².